The number of carbonyl (C=O) groups excluding carboxylic acids is 1. The van der Waals surface area contributed by atoms with Crippen molar-refractivity contribution in [2.75, 3.05) is 39.3 Å². The number of benzene rings is 3. The molecule has 3 aromatic carbocycles. The van der Waals surface area contributed by atoms with Gasteiger partial charge in [0.05, 0.1) is 11.8 Å². The predicted octanol–water partition coefficient (Wildman–Crippen LogP) is 4.92. The number of nitrogens with zero attached hydrogens (tertiary/aromatic N) is 3. The predicted molar refractivity (Wildman–Crippen MR) is 154 cm³/mol. The van der Waals surface area contributed by atoms with Gasteiger partial charge in [-0.05, 0) is 41.7 Å². The molecule has 0 radical (unpaired) electrons. The smallest absolute Gasteiger partial charge is 0.225 e. The van der Waals surface area contributed by atoms with E-state index in [1.54, 1.807) is 4.31 Å². The SMILES string of the molecule is O=C(C1CCN(S(=O)(=O)Cc2cccc(Br)c2)CC1)N1CCN(C(c2ccccc2)c2ccccc2)CC1. The van der Waals surface area contributed by atoms with E-state index >= 15 is 0 Å². The van der Waals surface area contributed by atoms with Gasteiger partial charge in [-0.15, -0.1) is 0 Å². The van der Waals surface area contributed by atoms with Gasteiger partial charge in [0.2, 0.25) is 15.9 Å². The summed E-state index contributed by atoms with van der Waals surface area (Å²) in [6, 6.07) is 28.7. The molecule has 5 rings (SSSR count). The van der Waals surface area contributed by atoms with E-state index < -0.39 is 10.0 Å². The number of rotatable bonds is 7. The fourth-order valence-corrected chi connectivity index (χ4v) is 7.65. The zero-order chi connectivity index (χ0) is 26.5. The highest BCUT2D eigenvalue weighted by atomic mass is 79.9. The summed E-state index contributed by atoms with van der Waals surface area (Å²) in [6.07, 6.45) is 1.15. The van der Waals surface area contributed by atoms with Gasteiger partial charge in [-0.25, -0.2) is 12.7 Å². The average Bonchev–Trinajstić information content (AvgIpc) is 2.94. The lowest BCUT2D eigenvalue weighted by molar-refractivity contribution is -0.138. The number of amides is 1. The largest absolute Gasteiger partial charge is 0.340 e. The zero-order valence-corrected chi connectivity index (χ0v) is 23.9. The Kier molecular flexibility index (Phi) is 8.63. The molecule has 0 saturated carbocycles. The molecule has 2 saturated heterocycles. The molecule has 6 nitrogen and oxygen atoms in total. The molecule has 0 aromatic heterocycles. The van der Waals surface area contributed by atoms with Crippen LogP contribution in [0.5, 0.6) is 0 Å². The monoisotopic (exact) mass is 595 g/mol. The summed E-state index contributed by atoms with van der Waals surface area (Å²) in [5, 5.41) is 0. The lowest BCUT2D eigenvalue weighted by atomic mass is 9.95. The van der Waals surface area contributed by atoms with E-state index in [0.717, 1.165) is 23.1 Å². The molecule has 0 spiro atoms. The van der Waals surface area contributed by atoms with Gasteiger partial charge in [0, 0.05) is 49.7 Å². The van der Waals surface area contributed by atoms with Crippen molar-refractivity contribution >= 4 is 31.9 Å². The molecular weight excluding hydrogens is 562 g/mol. The van der Waals surface area contributed by atoms with Gasteiger partial charge in [0.25, 0.3) is 0 Å². The summed E-state index contributed by atoms with van der Waals surface area (Å²) < 4.78 is 28.4. The average molecular weight is 597 g/mol. The molecule has 0 bridgehead atoms. The van der Waals surface area contributed by atoms with Crippen LogP contribution in [0.25, 0.3) is 0 Å². The molecule has 200 valence electrons. The van der Waals surface area contributed by atoms with E-state index in [0.29, 0.717) is 39.0 Å². The Labute approximate surface area is 234 Å². The van der Waals surface area contributed by atoms with Crippen molar-refractivity contribution < 1.29 is 13.2 Å². The van der Waals surface area contributed by atoms with Crippen molar-refractivity contribution in [1.82, 2.24) is 14.1 Å². The second kappa shape index (κ2) is 12.1. The number of piperidine rings is 1. The van der Waals surface area contributed by atoms with Gasteiger partial charge in [-0.3, -0.25) is 9.69 Å². The zero-order valence-electron chi connectivity index (χ0n) is 21.5. The summed E-state index contributed by atoms with van der Waals surface area (Å²) in [5.74, 6) is 0.0411. The van der Waals surface area contributed by atoms with Crippen LogP contribution in [0.15, 0.2) is 89.4 Å². The van der Waals surface area contributed by atoms with E-state index in [-0.39, 0.29) is 23.6 Å². The first-order valence-corrected chi connectivity index (χ1v) is 15.7. The minimum absolute atomic E-state index is 0.0169. The van der Waals surface area contributed by atoms with E-state index in [1.165, 1.54) is 11.1 Å². The third kappa shape index (κ3) is 6.37. The van der Waals surface area contributed by atoms with Crippen molar-refractivity contribution in [1.29, 1.82) is 0 Å². The molecule has 0 unspecified atom stereocenters. The summed E-state index contributed by atoms with van der Waals surface area (Å²) in [4.78, 5) is 17.8. The van der Waals surface area contributed by atoms with Crippen LogP contribution in [0.4, 0.5) is 0 Å². The number of carbonyl (C=O) groups is 1. The minimum Gasteiger partial charge on any atom is -0.340 e. The number of hydrogen-bond donors (Lipinski definition) is 0. The third-order valence-corrected chi connectivity index (χ3v) is 10.00. The van der Waals surface area contributed by atoms with E-state index in [1.807, 2.05) is 41.3 Å². The van der Waals surface area contributed by atoms with Crippen LogP contribution in [0.1, 0.15) is 35.6 Å². The molecule has 2 heterocycles. The van der Waals surface area contributed by atoms with Gasteiger partial charge in [-0.2, -0.15) is 0 Å². The minimum atomic E-state index is -3.42. The van der Waals surface area contributed by atoms with Crippen LogP contribution in [-0.2, 0) is 20.6 Å². The number of hydrogen-bond acceptors (Lipinski definition) is 4. The van der Waals surface area contributed by atoms with E-state index in [2.05, 4.69) is 69.4 Å². The third-order valence-electron chi connectivity index (χ3n) is 7.66. The van der Waals surface area contributed by atoms with Crippen LogP contribution in [0.3, 0.4) is 0 Å². The van der Waals surface area contributed by atoms with Gasteiger partial charge >= 0.3 is 0 Å². The Bertz CT molecular complexity index is 1280. The van der Waals surface area contributed by atoms with Crippen molar-refractivity contribution in [2.24, 2.45) is 5.92 Å². The Morgan fingerprint density at radius 2 is 1.37 bits per heavy atom. The molecule has 38 heavy (non-hydrogen) atoms. The standard InChI is InChI=1S/C30H34BrN3O3S/c31-28-13-7-8-24(22-28)23-38(36,37)34-16-14-27(15-17-34)30(35)33-20-18-32(19-21-33)29(25-9-3-1-4-10-25)26-11-5-2-6-12-26/h1-13,22,27,29H,14-21,23H2. The van der Waals surface area contributed by atoms with Crippen molar-refractivity contribution in [2.45, 2.75) is 24.6 Å². The molecule has 3 aromatic rings. The van der Waals surface area contributed by atoms with Crippen molar-refractivity contribution in [3.8, 4) is 0 Å². The number of piperazine rings is 1. The highest BCUT2D eigenvalue weighted by Gasteiger charge is 2.35. The Morgan fingerprint density at radius 1 is 0.789 bits per heavy atom. The number of halogens is 1. The quantitative estimate of drug-likeness (QED) is 0.389. The van der Waals surface area contributed by atoms with E-state index in [9.17, 15) is 13.2 Å². The van der Waals surface area contributed by atoms with Gasteiger partial charge in [-0.1, -0.05) is 88.7 Å². The summed E-state index contributed by atoms with van der Waals surface area (Å²) in [7, 11) is -3.42. The second-order valence-corrected chi connectivity index (χ2v) is 13.0. The van der Waals surface area contributed by atoms with Crippen molar-refractivity contribution in [3.05, 3.63) is 106 Å². The molecule has 0 aliphatic carbocycles. The van der Waals surface area contributed by atoms with Crippen LogP contribution in [0.2, 0.25) is 0 Å². The topological polar surface area (TPSA) is 60.9 Å². The maximum atomic E-state index is 13.4. The first-order chi connectivity index (χ1) is 18.4. The van der Waals surface area contributed by atoms with Gasteiger partial charge < -0.3 is 4.90 Å². The Hall–Kier alpha value is -2.52. The molecule has 2 aliphatic heterocycles. The molecular formula is C30H34BrN3O3S. The van der Waals surface area contributed by atoms with Gasteiger partial charge in [0.1, 0.15) is 0 Å². The lowest BCUT2D eigenvalue weighted by Crippen LogP contribution is -2.52. The van der Waals surface area contributed by atoms with Gasteiger partial charge in [0.15, 0.2) is 0 Å². The Morgan fingerprint density at radius 3 is 1.92 bits per heavy atom. The fraction of sp³-hybridized carbons (Fsp3) is 0.367. The highest BCUT2D eigenvalue weighted by molar-refractivity contribution is 9.10. The normalized spacial score (nSPS) is 18.1. The van der Waals surface area contributed by atoms with E-state index in [4.69, 9.17) is 0 Å². The first-order valence-electron chi connectivity index (χ1n) is 13.3. The molecule has 8 heteroatoms. The maximum Gasteiger partial charge on any atom is 0.225 e. The summed E-state index contributed by atoms with van der Waals surface area (Å²) in [6.45, 7) is 3.79. The Balaban J connectivity index is 1.17. The highest BCUT2D eigenvalue weighted by Crippen LogP contribution is 2.30. The maximum absolute atomic E-state index is 13.4. The lowest BCUT2D eigenvalue weighted by Gasteiger charge is -2.41. The van der Waals surface area contributed by atoms with Crippen LogP contribution >= 0.6 is 15.9 Å². The first kappa shape index (κ1) is 27.1. The fourth-order valence-electron chi connectivity index (χ4n) is 5.65. The molecule has 2 aliphatic rings. The summed E-state index contributed by atoms with van der Waals surface area (Å²) in [5.41, 5.74) is 3.28. The van der Waals surface area contributed by atoms with Crippen LogP contribution in [-0.4, -0.2) is 67.7 Å². The summed E-state index contributed by atoms with van der Waals surface area (Å²) >= 11 is 3.41. The number of sulfonamides is 1. The van der Waals surface area contributed by atoms with Crippen molar-refractivity contribution in [3.63, 3.8) is 0 Å². The second-order valence-electron chi connectivity index (χ2n) is 10.1. The van der Waals surface area contributed by atoms with Crippen LogP contribution in [0, 0.1) is 5.92 Å². The molecule has 0 N–H and O–H groups in total. The molecule has 1 amide bonds. The molecule has 0 atom stereocenters. The van der Waals surface area contributed by atoms with Crippen LogP contribution < -0.4 is 0 Å². The molecule has 2 fully saturated rings.